The van der Waals surface area contributed by atoms with Crippen molar-refractivity contribution in [2.45, 2.75) is 6.92 Å². The van der Waals surface area contributed by atoms with Crippen molar-refractivity contribution >= 4 is 40.0 Å². The molecule has 0 atom stereocenters. The van der Waals surface area contributed by atoms with Gasteiger partial charge in [0.15, 0.2) is 0 Å². The molecule has 1 saturated heterocycles. The molecule has 1 fully saturated rings. The number of amides is 2. The third-order valence-electron chi connectivity index (χ3n) is 4.87. The van der Waals surface area contributed by atoms with Gasteiger partial charge in [-0.05, 0) is 25.1 Å². The summed E-state index contributed by atoms with van der Waals surface area (Å²) in [5.74, 6) is -0.435. The molecule has 8 heteroatoms. The van der Waals surface area contributed by atoms with Gasteiger partial charge in [-0.1, -0.05) is 17.7 Å². The van der Waals surface area contributed by atoms with Crippen molar-refractivity contribution in [3.8, 4) is 0 Å². The number of carbonyl (C=O) groups excluding carboxylic acids is 2. The van der Waals surface area contributed by atoms with Crippen molar-refractivity contribution in [3.63, 3.8) is 0 Å². The lowest BCUT2D eigenvalue weighted by Crippen LogP contribution is -2.54. The zero-order valence-electron chi connectivity index (χ0n) is 14.4. The van der Waals surface area contributed by atoms with Crippen LogP contribution in [0.1, 0.15) is 16.2 Å². The monoisotopic (exact) mass is 371 g/mol. The van der Waals surface area contributed by atoms with Crippen LogP contribution in [-0.2, 0) is 11.8 Å². The molecule has 26 heavy (non-hydrogen) atoms. The van der Waals surface area contributed by atoms with Gasteiger partial charge in [-0.2, -0.15) is 5.10 Å². The first-order valence-electron chi connectivity index (χ1n) is 8.30. The Morgan fingerprint density at radius 1 is 1.35 bits per heavy atom. The predicted octanol–water partition coefficient (Wildman–Crippen LogP) is 2.57. The summed E-state index contributed by atoms with van der Waals surface area (Å²) in [7, 11) is 1.82. The van der Waals surface area contributed by atoms with Crippen LogP contribution in [0.3, 0.4) is 0 Å². The zero-order valence-corrected chi connectivity index (χ0v) is 15.2. The van der Waals surface area contributed by atoms with Gasteiger partial charge >= 0.3 is 0 Å². The van der Waals surface area contributed by atoms with E-state index < -0.39 is 0 Å². The number of fused-ring (bicyclic) bond motifs is 1. The number of hydrogen-bond acceptors (Lipinski definition) is 3. The number of rotatable bonds is 3. The number of nitrogens with one attached hydrogen (secondary N) is 2. The highest BCUT2D eigenvalue weighted by atomic mass is 35.5. The van der Waals surface area contributed by atoms with Gasteiger partial charge in [0.05, 0.1) is 23.5 Å². The fourth-order valence-electron chi connectivity index (χ4n) is 3.07. The van der Waals surface area contributed by atoms with Gasteiger partial charge in [-0.15, -0.1) is 0 Å². The Labute approximate surface area is 154 Å². The molecule has 0 bridgehead atoms. The van der Waals surface area contributed by atoms with Crippen molar-refractivity contribution in [2.75, 3.05) is 18.4 Å². The summed E-state index contributed by atoms with van der Waals surface area (Å²) in [6, 6.07) is 7.25. The van der Waals surface area contributed by atoms with E-state index in [0.717, 1.165) is 16.6 Å². The molecule has 1 aliphatic rings. The maximum absolute atomic E-state index is 12.6. The third kappa shape index (κ3) is 2.74. The van der Waals surface area contributed by atoms with E-state index >= 15 is 0 Å². The molecule has 4 rings (SSSR count). The molecule has 0 aliphatic carbocycles. The van der Waals surface area contributed by atoms with Crippen LogP contribution in [0.25, 0.3) is 10.9 Å². The quantitative estimate of drug-likeness (QED) is 0.742. The number of nitrogens with zero attached hydrogens (tertiary/aromatic N) is 3. The second kappa shape index (κ2) is 6.17. The van der Waals surface area contributed by atoms with E-state index in [1.807, 2.05) is 26.1 Å². The third-order valence-corrected chi connectivity index (χ3v) is 5.20. The summed E-state index contributed by atoms with van der Waals surface area (Å²) in [5, 5.41) is 8.40. The molecule has 2 amide bonds. The van der Waals surface area contributed by atoms with Crippen LogP contribution in [0, 0.1) is 12.8 Å². The smallest absolute Gasteiger partial charge is 0.270 e. The van der Waals surface area contributed by atoms with E-state index in [0.29, 0.717) is 29.5 Å². The molecule has 2 aromatic heterocycles. The highest BCUT2D eigenvalue weighted by Crippen LogP contribution is 2.26. The van der Waals surface area contributed by atoms with E-state index in [1.54, 1.807) is 27.9 Å². The summed E-state index contributed by atoms with van der Waals surface area (Å²) in [6.07, 6.45) is 1.63. The van der Waals surface area contributed by atoms with Crippen LogP contribution in [0.2, 0.25) is 5.02 Å². The number of halogens is 1. The second-order valence-electron chi connectivity index (χ2n) is 6.55. The van der Waals surface area contributed by atoms with E-state index in [9.17, 15) is 9.59 Å². The van der Waals surface area contributed by atoms with Crippen LogP contribution in [-0.4, -0.2) is 44.6 Å². The number of hydrogen-bond donors (Lipinski definition) is 2. The number of benzene rings is 1. The topological polar surface area (TPSA) is 83.0 Å². The standard InChI is InChI=1S/C18H18ClN5O2/c1-10-16(7-20-23(10)2)22-17(25)11-8-24(9-11)18(26)15-6-12-13(19)4-3-5-14(12)21-15/h3-7,11,21H,8-9H2,1-2H3,(H,22,25). The Kier molecular flexibility index (Phi) is 3.96. The highest BCUT2D eigenvalue weighted by molar-refractivity contribution is 6.35. The summed E-state index contributed by atoms with van der Waals surface area (Å²) >= 11 is 6.15. The number of aryl methyl sites for hydroxylation is 1. The molecule has 0 unspecified atom stereocenters. The van der Waals surface area contributed by atoms with Gasteiger partial charge in [0.25, 0.3) is 5.91 Å². The summed E-state index contributed by atoms with van der Waals surface area (Å²) < 4.78 is 1.70. The summed E-state index contributed by atoms with van der Waals surface area (Å²) in [5.41, 5.74) is 2.89. The number of carbonyl (C=O) groups is 2. The van der Waals surface area contributed by atoms with Crippen molar-refractivity contribution in [1.29, 1.82) is 0 Å². The molecule has 1 aromatic carbocycles. The number of anilines is 1. The molecule has 2 N–H and O–H groups in total. The molecule has 134 valence electrons. The maximum Gasteiger partial charge on any atom is 0.270 e. The van der Waals surface area contributed by atoms with Gasteiger partial charge in [-0.3, -0.25) is 14.3 Å². The molecular weight excluding hydrogens is 354 g/mol. The number of H-pyrrole nitrogens is 1. The number of likely N-dealkylation sites (tertiary alicyclic amines) is 1. The minimum atomic E-state index is -0.216. The largest absolute Gasteiger partial charge is 0.350 e. The Morgan fingerprint density at radius 3 is 2.77 bits per heavy atom. The number of aromatic nitrogens is 3. The zero-order chi connectivity index (χ0) is 18.4. The van der Waals surface area contributed by atoms with Crippen LogP contribution in [0.15, 0.2) is 30.5 Å². The lowest BCUT2D eigenvalue weighted by atomic mass is 9.98. The molecule has 3 heterocycles. The van der Waals surface area contributed by atoms with Crippen LogP contribution < -0.4 is 5.32 Å². The Bertz CT molecular complexity index is 1020. The first kappa shape index (κ1) is 16.7. The van der Waals surface area contributed by atoms with Crippen molar-refractivity contribution < 1.29 is 9.59 Å². The van der Waals surface area contributed by atoms with Gasteiger partial charge in [0.1, 0.15) is 5.69 Å². The molecule has 3 aromatic rings. The first-order chi connectivity index (χ1) is 12.4. The molecule has 1 aliphatic heterocycles. The molecule has 0 spiro atoms. The van der Waals surface area contributed by atoms with E-state index in [-0.39, 0.29) is 17.7 Å². The van der Waals surface area contributed by atoms with Crippen LogP contribution in [0.5, 0.6) is 0 Å². The molecular formula is C18H18ClN5O2. The normalized spacial score (nSPS) is 14.5. The van der Waals surface area contributed by atoms with E-state index in [4.69, 9.17) is 11.6 Å². The Balaban J connectivity index is 1.40. The van der Waals surface area contributed by atoms with Gasteiger partial charge < -0.3 is 15.2 Å². The fraction of sp³-hybridized carbons (Fsp3) is 0.278. The minimum Gasteiger partial charge on any atom is -0.350 e. The minimum absolute atomic E-state index is 0.0927. The Hall–Kier alpha value is -2.80. The molecule has 0 saturated carbocycles. The Morgan fingerprint density at radius 2 is 2.12 bits per heavy atom. The lowest BCUT2D eigenvalue weighted by molar-refractivity contribution is -0.123. The van der Waals surface area contributed by atoms with Gasteiger partial charge in [0, 0.05) is 36.1 Å². The SMILES string of the molecule is Cc1c(NC(=O)C2CN(C(=O)c3cc4c(Cl)cccc4[nH]3)C2)cnn1C. The average Bonchev–Trinajstić information content (AvgIpc) is 3.13. The van der Waals surface area contributed by atoms with Crippen LogP contribution >= 0.6 is 11.6 Å². The van der Waals surface area contributed by atoms with Gasteiger partial charge in [-0.25, -0.2) is 0 Å². The van der Waals surface area contributed by atoms with Crippen molar-refractivity contribution in [3.05, 3.63) is 46.9 Å². The molecule has 0 radical (unpaired) electrons. The number of aromatic amines is 1. The van der Waals surface area contributed by atoms with Crippen molar-refractivity contribution in [1.82, 2.24) is 19.7 Å². The summed E-state index contributed by atoms with van der Waals surface area (Å²) in [4.78, 5) is 29.7. The van der Waals surface area contributed by atoms with Gasteiger partial charge in [0.2, 0.25) is 5.91 Å². The molecule has 7 nitrogen and oxygen atoms in total. The summed E-state index contributed by atoms with van der Waals surface area (Å²) in [6.45, 7) is 2.68. The average molecular weight is 372 g/mol. The maximum atomic E-state index is 12.6. The highest BCUT2D eigenvalue weighted by Gasteiger charge is 2.36. The van der Waals surface area contributed by atoms with E-state index in [1.165, 1.54) is 0 Å². The predicted molar refractivity (Wildman–Crippen MR) is 99.3 cm³/mol. The van der Waals surface area contributed by atoms with Crippen molar-refractivity contribution in [2.24, 2.45) is 13.0 Å². The van der Waals surface area contributed by atoms with Crippen LogP contribution in [0.4, 0.5) is 5.69 Å². The van der Waals surface area contributed by atoms with E-state index in [2.05, 4.69) is 15.4 Å². The lowest BCUT2D eigenvalue weighted by Gasteiger charge is -2.37. The fourth-order valence-corrected chi connectivity index (χ4v) is 3.30. The second-order valence-corrected chi connectivity index (χ2v) is 6.95. The first-order valence-corrected chi connectivity index (χ1v) is 8.68.